The van der Waals surface area contributed by atoms with Crippen LogP contribution in [0.4, 0.5) is 0 Å². The largest absolute Gasteiger partial charge is 0.478 e. The maximum Gasteiger partial charge on any atom is 0.308 e. The Morgan fingerprint density at radius 2 is 1.93 bits per heavy atom. The quantitative estimate of drug-likeness (QED) is 0.760. The first kappa shape index (κ1) is 19.6. The van der Waals surface area contributed by atoms with Gasteiger partial charge in [-0.05, 0) is 56.9 Å². The van der Waals surface area contributed by atoms with Crippen molar-refractivity contribution in [3.05, 3.63) is 30.3 Å². The first-order valence-corrected chi connectivity index (χ1v) is 10.5. The number of rotatable bonds is 6. The molecule has 1 aliphatic carbocycles. The van der Waals surface area contributed by atoms with E-state index in [1.165, 1.54) is 7.11 Å². The van der Waals surface area contributed by atoms with E-state index in [1.54, 1.807) is 30.3 Å². The third-order valence-corrected chi connectivity index (χ3v) is 6.34. The summed E-state index contributed by atoms with van der Waals surface area (Å²) in [6.45, 7) is 2.40. The summed E-state index contributed by atoms with van der Waals surface area (Å²) < 4.78 is 38.4. The van der Waals surface area contributed by atoms with Crippen LogP contribution in [0.5, 0.6) is 5.88 Å². The molecule has 0 atom stereocenters. The fraction of sp³-hybridized carbons (Fsp3) is 0.474. The molecular weight excluding hydrogens is 368 g/mol. The second kappa shape index (κ2) is 8.22. The maximum absolute atomic E-state index is 12.7. The molecule has 8 heteroatoms. The number of fused-ring (bicyclic) bond motifs is 1. The van der Waals surface area contributed by atoms with Crippen molar-refractivity contribution >= 4 is 26.9 Å². The van der Waals surface area contributed by atoms with Gasteiger partial charge in [-0.15, -0.1) is 0 Å². The molecule has 0 radical (unpaired) electrons. The molecular formula is C19H24N2O5S. The van der Waals surface area contributed by atoms with Gasteiger partial charge in [0.15, 0.2) is 0 Å². The zero-order valence-corrected chi connectivity index (χ0v) is 16.3. The predicted octanol–water partition coefficient (Wildman–Crippen LogP) is 2.64. The van der Waals surface area contributed by atoms with E-state index in [1.807, 2.05) is 6.92 Å². The molecule has 0 saturated heterocycles. The van der Waals surface area contributed by atoms with E-state index in [-0.39, 0.29) is 22.8 Å². The Balaban J connectivity index is 1.71. The number of sulfonamides is 1. The Bertz CT molecular complexity index is 921. The molecule has 2 aromatic rings. The Hall–Kier alpha value is -2.19. The molecule has 1 aromatic carbocycles. The Morgan fingerprint density at radius 3 is 2.59 bits per heavy atom. The van der Waals surface area contributed by atoms with Gasteiger partial charge in [-0.3, -0.25) is 4.79 Å². The average molecular weight is 392 g/mol. The van der Waals surface area contributed by atoms with Crippen LogP contribution in [0.15, 0.2) is 35.2 Å². The highest BCUT2D eigenvalue weighted by Crippen LogP contribution is 2.27. The summed E-state index contributed by atoms with van der Waals surface area (Å²) in [5.74, 6) is 0.160. The van der Waals surface area contributed by atoms with Crippen molar-refractivity contribution in [3.63, 3.8) is 0 Å². The molecule has 1 saturated carbocycles. The smallest absolute Gasteiger partial charge is 0.308 e. The molecule has 0 amide bonds. The van der Waals surface area contributed by atoms with Gasteiger partial charge in [0.2, 0.25) is 15.9 Å². The predicted molar refractivity (Wildman–Crippen MR) is 101 cm³/mol. The maximum atomic E-state index is 12.7. The Labute approximate surface area is 159 Å². The van der Waals surface area contributed by atoms with E-state index in [4.69, 9.17) is 9.47 Å². The molecule has 3 rings (SSSR count). The number of nitrogens with one attached hydrogen (secondary N) is 1. The monoisotopic (exact) mass is 392 g/mol. The van der Waals surface area contributed by atoms with Crippen molar-refractivity contribution in [2.45, 2.75) is 43.5 Å². The van der Waals surface area contributed by atoms with Crippen LogP contribution >= 0.6 is 0 Å². The molecule has 1 aromatic heterocycles. The van der Waals surface area contributed by atoms with Crippen molar-refractivity contribution in [1.82, 2.24) is 9.71 Å². The topological polar surface area (TPSA) is 94.6 Å². The highest BCUT2D eigenvalue weighted by atomic mass is 32.2. The van der Waals surface area contributed by atoms with Crippen molar-refractivity contribution in [2.75, 3.05) is 13.7 Å². The van der Waals surface area contributed by atoms with Crippen molar-refractivity contribution < 1.29 is 22.7 Å². The van der Waals surface area contributed by atoms with Crippen LogP contribution < -0.4 is 9.46 Å². The van der Waals surface area contributed by atoms with Gasteiger partial charge in [-0.1, -0.05) is 0 Å². The molecule has 1 fully saturated rings. The highest BCUT2D eigenvalue weighted by Gasteiger charge is 2.29. The lowest BCUT2D eigenvalue weighted by molar-refractivity contribution is -0.146. The molecule has 1 heterocycles. The van der Waals surface area contributed by atoms with Crippen LogP contribution in [0.1, 0.15) is 32.6 Å². The third-order valence-electron chi connectivity index (χ3n) is 4.82. The first-order chi connectivity index (χ1) is 12.9. The van der Waals surface area contributed by atoms with E-state index >= 15 is 0 Å². The number of esters is 1. The summed E-state index contributed by atoms with van der Waals surface area (Å²) in [7, 11) is -2.26. The van der Waals surface area contributed by atoms with Gasteiger partial charge >= 0.3 is 5.97 Å². The first-order valence-electron chi connectivity index (χ1n) is 9.06. The van der Waals surface area contributed by atoms with Crippen LogP contribution in [0.3, 0.4) is 0 Å². The van der Waals surface area contributed by atoms with Crippen molar-refractivity contribution in [1.29, 1.82) is 0 Å². The summed E-state index contributed by atoms with van der Waals surface area (Å²) in [5.41, 5.74) is 0.679. The van der Waals surface area contributed by atoms with Crippen molar-refractivity contribution in [2.24, 2.45) is 5.92 Å². The Morgan fingerprint density at radius 1 is 1.19 bits per heavy atom. The van der Waals surface area contributed by atoms with Gasteiger partial charge in [0.25, 0.3) is 0 Å². The molecule has 1 aliphatic rings. The van der Waals surface area contributed by atoms with Gasteiger partial charge in [-0.2, -0.15) is 0 Å². The zero-order chi connectivity index (χ0) is 19.4. The van der Waals surface area contributed by atoms with Gasteiger partial charge < -0.3 is 9.47 Å². The molecule has 0 unspecified atom stereocenters. The van der Waals surface area contributed by atoms with E-state index in [9.17, 15) is 13.2 Å². The molecule has 0 bridgehead atoms. The van der Waals surface area contributed by atoms with Crippen LogP contribution in [0.25, 0.3) is 10.9 Å². The normalized spacial score (nSPS) is 20.4. The number of nitrogens with zero attached hydrogens (tertiary/aromatic N) is 1. The minimum absolute atomic E-state index is 0.137. The highest BCUT2D eigenvalue weighted by molar-refractivity contribution is 7.89. The number of carbonyl (C=O) groups is 1. The number of hydrogen-bond donors (Lipinski definition) is 1. The van der Waals surface area contributed by atoms with Gasteiger partial charge in [0, 0.05) is 17.5 Å². The molecule has 0 spiro atoms. The fourth-order valence-corrected chi connectivity index (χ4v) is 4.72. The van der Waals surface area contributed by atoms with E-state index < -0.39 is 10.0 Å². The lowest BCUT2D eigenvalue weighted by Crippen LogP contribution is -2.38. The minimum Gasteiger partial charge on any atom is -0.478 e. The third kappa shape index (κ3) is 4.56. The number of methoxy groups -OCH3 is 1. The lowest BCUT2D eigenvalue weighted by Gasteiger charge is -2.27. The van der Waals surface area contributed by atoms with E-state index in [0.717, 1.165) is 5.39 Å². The summed E-state index contributed by atoms with van der Waals surface area (Å²) in [6, 6.07) is 8.19. The number of pyridine rings is 1. The van der Waals surface area contributed by atoms with Crippen LogP contribution in [-0.2, 0) is 19.6 Å². The fourth-order valence-electron chi connectivity index (χ4n) is 3.38. The zero-order valence-electron chi connectivity index (χ0n) is 15.5. The van der Waals surface area contributed by atoms with Crippen LogP contribution in [-0.4, -0.2) is 39.1 Å². The van der Waals surface area contributed by atoms with Gasteiger partial charge in [-0.25, -0.2) is 18.1 Å². The number of carbonyl (C=O) groups excluding carboxylic acids is 1. The standard InChI is InChI=1S/C19H24N2O5S/c1-3-26-18-11-6-14-12-16(9-10-17(14)20-18)27(23,24)21-15-7-4-13(5-8-15)19(22)25-2/h6,9-13,15,21H,3-5,7-8H2,1-2H3/t13-,15-. The second-order valence-electron chi connectivity index (χ2n) is 6.63. The van der Waals surface area contributed by atoms with Gasteiger partial charge in [0.1, 0.15) is 0 Å². The van der Waals surface area contributed by atoms with Gasteiger partial charge in [0.05, 0.1) is 30.0 Å². The number of hydrogen-bond acceptors (Lipinski definition) is 6. The van der Waals surface area contributed by atoms with Crippen molar-refractivity contribution in [3.8, 4) is 5.88 Å². The molecule has 7 nitrogen and oxygen atoms in total. The molecule has 146 valence electrons. The van der Waals surface area contributed by atoms with E-state index in [2.05, 4.69) is 9.71 Å². The number of aromatic nitrogens is 1. The molecule has 0 aliphatic heterocycles. The summed E-state index contributed by atoms with van der Waals surface area (Å²) >= 11 is 0. The number of ether oxygens (including phenoxy) is 2. The molecule has 1 N–H and O–H groups in total. The average Bonchev–Trinajstić information content (AvgIpc) is 2.67. The lowest BCUT2D eigenvalue weighted by atomic mass is 9.86. The SMILES string of the molecule is CCOc1ccc2cc(S(=O)(=O)N[C@H]3CC[C@H](C(=O)OC)CC3)ccc2n1. The van der Waals surface area contributed by atoms with Crippen LogP contribution in [0, 0.1) is 5.92 Å². The summed E-state index contributed by atoms with van der Waals surface area (Å²) in [5, 5.41) is 0.732. The Kier molecular flexibility index (Phi) is 5.96. The minimum atomic E-state index is -3.64. The summed E-state index contributed by atoms with van der Waals surface area (Å²) in [4.78, 5) is 16.2. The summed E-state index contributed by atoms with van der Waals surface area (Å²) in [6.07, 6.45) is 2.49. The number of benzene rings is 1. The molecule has 27 heavy (non-hydrogen) atoms. The second-order valence-corrected chi connectivity index (χ2v) is 8.34. The van der Waals surface area contributed by atoms with Crippen LogP contribution in [0.2, 0.25) is 0 Å². The van der Waals surface area contributed by atoms with E-state index in [0.29, 0.717) is 43.7 Å².